The number of hydrogen-bond acceptors (Lipinski definition) is 10. The van der Waals surface area contributed by atoms with Gasteiger partial charge in [-0.15, -0.1) is 0 Å². The van der Waals surface area contributed by atoms with Gasteiger partial charge in [0.1, 0.15) is 30.3 Å². The van der Waals surface area contributed by atoms with E-state index in [1.165, 1.54) is 7.11 Å². The number of methoxy groups -OCH3 is 1. The Labute approximate surface area is 330 Å². The first-order chi connectivity index (χ1) is 27.4. The summed E-state index contributed by atoms with van der Waals surface area (Å²) in [4.78, 5) is 80.7. The van der Waals surface area contributed by atoms with E-state index >= 15 is 0 Å². The van der Waals surface area contributed by atoms with E-state index in [9.17, 15) is 24.3 Å². The molecule has 16 nitrogen and oxygen atoms in total. The van der Waals surface area contributed by atoms with Crippen LogP contribution in [-0.4, -0.2) is 108 Å². The number of benzene rings is 2. The predicted octanol–water partition coefficient (Wildman–Crippen LogP) is 4.33. The zero-order valence-electron chi connectivity index (χ0n) is 32.9. The molecule has 5 heterocycles. The minimum atomic E-state index is -0.732. The van der Waals surface area contributed by atoms with Crippen LogP contribution >= 0.6 is 0 Å². The number of nitrogens with one attached hydrogen (secondary N) is 4. The zero-order valence-corrected chi connectivity index (χ0v) is 32.9. The lowest BCUT2D eigenvalue weighted by Gasteiger charge is -2.30. The molecule has 0 aliphatic carbocycles. The highest BCUT2D eigenvalue weighted by Crippen LogP contribution is 2.35. The van der Waals surface area contributed by atoms with Crippen molar-refractivity contribution in [1.29, 1.82) is 0 Å². The number of likely N-dealkylation sites (tertiary alicyclic amines) is 2. The number of H-pyrrole nitrogens is 2. The number of aliphatic hydroxyl groups is 1. The summed E-state index contributed by atoms with van der Waals surface area (Å²) in [6.45, 7) is 8.00. The Bertz CT molecular complexity index is 2270. The first kappa shape index (κ1) is 39.3. The number of aromatic amines is 2. The first-order valence-electron chi connectivity index (χ1n) is 19.6. The fraction of sp³-hybridized carbons (Fsp3) is 0.463. The van der Waals surface area contributed by atoms with E-state index in [1.807, 2.05) is 64.1 Å². The SMILES string of the molecule is COC(=O)NC(C(=O)N1CCCC1c1nc2ccc(-c3cnc(Cc4ccc5nc(C6CCCN6C(=O)C(NC(=O)CO)C(C)C)[nH]c5c4)cn3)cc2[nH]1)C(C)C. The van der Waals surface area contributed by atoms with Gasteiger partial charge in [0.15, 0.2) is 0 Å². The summed E-state index contributed by atoms with van der Waals surface area (Å²) in [5.74, 6) is 0.237. The molecule has 7 rings (SSSR count). The summed E-state index contributed by atoms with van der Waals surface area (Å²) in [6.07, 6.45) is 6.62. The highest BCUT2D eigenvalue weighted by molar-refractivity contribution is 5.89. The average molecular weight is 779 g/mol. The monoisotopic (exact) mass is 778 g/mol. The van der Waals surface area contributed by atoms with Gasteiger partial charge < -0.3 is 40.2 Å². The molecule has 5 N–H and O–H groups in total. The van der Waals surface area contributed by atoms with Crippen LogP contribution in [0.3, 0.4) is 0 Å². The maximum Gasteiger partial charge on any atom is 0.407 e. The van der Waals surface area contributed by atoms with Crippen LogP contribution in [0.15, 0.2) is 48.8 Å². The Morgan fingerprint density at radius 2 is 1.39 bits per heavy atom. The largest absolute Gasteiger partial charge is 0.453 e. The van der Waals surface area contributed by atoms with Crippen LogP contribution in [0.2, 0.25) is 0 Å². The van der Waals surface area contributed by atoms with Crippen LogP contribution < -0.4 is 10.6 Å². The quantitative estimate of drug-likeness (QED) is 0.121. The standard InChI is InChI=1S/C41H50N10O6/c1-22(2)35(48-34(53)21-52)39(54)50-14-6-8-32(50)37-44-27-12-10-24(17-29(27)46-37)16-26-19-43-31(20-42-26)25-11-13-28-30(18-25)47-38(45-28)33-9-7-15-51(33)40(55)36(23(3)4)49-41(56)57-5/h10-13,17-20,22-23,32-33,35-36,52H,6-9,14-16,21H2,1-5H3,(H,44,46)(H,45,47)(H,48,53)(H,49,56). The lowest BCUT2D eigenvalue weighted by Crippen LogP contribution is -2.51. The van der Waals surface area contributed by atoms with E-state index in [4.69, 9.17) is 24.7 Å². The number of carbonyl (C=O) groups excluding carboxylic acids is 4. The molecule has 0 bridgehead atoms. The number of imidazole rings is 2. The van der Waals surface area contributed by atoms with Crippen LogP contribution in [0.1, 0.15) is 88.4 Å². The van der Waals surface area contributed by atoms with Crippen molar-refractivity contribution in [1.82, 2.24) is 50.3 Å². The molecule has 57 heavy (non-hydrogen) atoms. The third kappa shape index (κ3) is 8.31. The van der Waals surface area contributed by atoms with Crippen LogP contribution in [0.25, 0.3) is 33.3 Å². The Morgan fingerprint density at radius 1 is 0.807 bits per heavy atom. The Morgan fingerprint density at radius 3 is 1.93 bits per heavy atom. The lowest BCUT2D eigenvalue weighted by molar-refractivity contribution is -0.139. The van der Waals surface area contributed by atoms with Gasteiger partial charge >= 0.3 is 6.09 Å². The molecule has 2 aliphatic rings. The second-order valence-electron chi connectivity index (χ2n) is 15.6. The number of aliphatic hydroxyl groups excluding tert-OH is 1. The Hall–Kier alpha value is -5.90. The van der Waals surface area contributed by atoms with E-state index in [0.717, 1.165) is 64.6 Å². The predicted molar refractivity (Wildman–Crippen MR) is 211 cm³/mol. The van der Waals surface area contributed by atoms with Gasteiger partial charge in [-0.1, -0.05) is 39.8 Å². The summed E-state index contributed by atoms with van der Waals surface area (Å²) in [5.41, 5.74) is 6.67. The van der Waals surface area contributed by atoms with E-state index in [0.29, 0.717) is 36.9 Å². The fourth-order valence-electron chi connectivity index (χ4n) is 7.91. The number of hydrogen-bond donors (Lipinski definition) is 5. The van der Waals surface area contributed by atoms with Crippen molar-refractivity contribution >= 4 is 45.9 Å². The Balaban J connectivity index is 1.03. The number of amides is 4. The molecule has 2 aliphatic heterocycles. The molecular formula is C41H50N10O6. The third-order valence-electron chi connectivity index (χ3n) is 10.9. The summed E-state index contributed by atoms with van der Waals surface area (Å²) in [5, 5.41) is 14.6. The van der Waals surface area contributed by atoms with Crippen LogP contribution in [0, 0.1) is 11.8 Å². The smallest absolute Gasteiger partial charge is 0.407 e. The van der Waals surface area contributed by atoms with E-state index in [2.05, 4.69) is 20.6 Å². The normalized spacial score (nSPS) is 18.1. The number of fused-ring (bicyclic) bond motifs is 2. The summed E-state index contributed by atoms with van der Waals surface area (Å²) in [6, 6.07) is 9.98. The maximum atomic E-state index is 13.6. The lowest BCUT2D eigenvalue weighted by atomic mass is 10.0. The molecule has 4 amide bonds. The van der Waals surface area contributed by atoms with Gasteiger partial charge in [-0.25, -0.2) is 14.8 Å². The van der Waals surface area contributed by atoms with Gasteiger partial charge in [0.05, 0.1) is 58.8 Å². The third-order valence-corrected chi connectivity index (χ3v) is 10.9. The molecule has 300 valence electrons. The molecule has 5 aromatic rings. The number of carbonyl (C=O) groups is 4. The summed E-state index contributed by atoms with van der Waals surface area (Å²) >= 11 is 0. The molecule has 3 aromatic heterocycles. The average Bonchev–Trinajstić information content (AvgIpc) is 4.03. The van der Waals surface area contributed by atoms with Crippen molar-refractivity contribution in [2.24, 2.45) is 11.8 Å². The molecule has 4 unspecified atom stereocenters. The van der Waals surface area contributed by atoms with Crippen molar-refractivity contribution in [2.45, 2.75) is 84.0 Å². The molecule has 0 spiro atoms. The van der Waals surface area contributed by atoms with Crippen molar-refractivity contribution in [2.75, 3.05) is 26.8 Å². The highest BCUT2D eigenvalue weighted by atomic mass is 16.5. The van der Waals surface area contributed by atoms with Gasteiger partial charge in [0.25, 0.3) is 0 Å². The molecular weight excluding hydrogens is 729 g/mol. The number of ether oxygens (including phenoxy) is 1. The minimum absolute atomic E-state index is 0.120. The number of aromatic nitrogens is 6. The van der Waals surface area contributed by atoms with Crippen molar-refractivity contribution in [3.63, 3.8) is 0 Å². The molecule has 0 radical (unpaired) electrons. The number of alkyl carbamates (subject to hydrolysis) is 1. The molecule has 4 atom stereocenters. The van der Waals surface area contributed by atoms with Gasteiger partial charge in [0, 0.05) is 31.3 Å². The molecule has 2 aromatic carbocycles. The molecule has 2 saturated heterocycles. The molecule has 16 heteroatoms. The maximum absolute atomic E-state index is 13.6. The summed E-state index contributed by atoms with van der Waals surface area (Å²) in [7, 11) is 1.28. The van der Waals surface area contributed by atoms with E-state index in [1.54, 1.807) is 22.2 Å². The minimum Gasteiger partial charge on any atom is -0.453 e. The second-order valence-corrected chi connectivity index (χ2v) is 15.6. The number of rotatable bonds is 12. The van der Waals surface area contributed by atoms with Crippen LogP contribution in [0.5, 0.6) is 0 Å². The first-order valence-corrected chi connectivity index (χ1v) is 19.6. The van der Waals surface area contributed by atoms with Gasteiger partial charge in [0.2, 0.25) is 17.7 Å². The molecule has 0 saturated carbocycles. The zero-order chi connectivity index (χ0) is 40.4. The van der Waals surface area contributed by atoms with Crippen molar-refractivity contribution in [3.05, 3.63) is 71.7 Å². The van der Waals surface area contributed by atoms with Gasteiger partial charge in [-0.05, 0) is 67.3 Å². The van der Waals surface area contributed by atoms with Gasteiger partial charge in [-0.2, -0.15) is 0 Å². The summed E-state index contributed by atoms with van der Waals surface area (Å²) < 4.78 is 4.76. The fourth-order valence-corrected chi connectivity index (χ4v) is 7.91. The highest BCUT2D eigenvalue weighted by Gasteiger charge is 2.39. The second kappa shape index (κ2) is 16.7. The Kier molecular flexibility index (Phi) is 11.5. The van der Waals surface area contributed by atoms with E-state index < -0.39 is 30.7 Å². The topological polar surface area (TPSA) is 211 Å². The van der Waals surface area contributed by atoms with E-state index in [-0.39, 0.29) is 35.7 Å². The van der Waals surface area contributed by atoms with Crippen molar-refractivity contribution in [3.8, 4) is 11.3 Å². The molecule has 2 fully saturated rings. The van der Waals surface area contributed by atoms with Crippen LogP contribution in [0.4, 0.5) is 4.79 Å². The number of nitrogens with zero attached hydrogens (tertiary/aromatic N) is 6. The van der Waals surface area contributed by atoms with Crippen molar-refractivity contribution < 1.29 is 29.0 Å². The van der Waals surface area contributed by atoms with Gasteiger partial charge in [-0.3, -0.25) is 24.4 Å². The van der Waals surface area contributed by atoms with Crippen LogP contribution in [-0.2, 0) is 25.5 Å².